The molecule has 1 fully saturated rings. The standard InChI is InChI=1S/C15H17IN4O/c16-13-3-1-2-12(8-13)10-17-14-9-15(19-11-18-14)20-4-6-21-7-5-20/h1-3,8-9,11H,4-7,10H2,(H,17,18,19). The molecule has 0 bridgehead atoms. The van der Waals surface area contributed by atoms with E-state index in [4.69, 9.17) is 4.74 Å². The highest BCUT2D eigenvalue weighted by atomic mass is 127. The van der Waals surface area contributed by atoms with Crippen LogP contribution in [-0.4, -0.2) is 36.3 Å². The first-order valence-corrected chi connectivity index (χ1v) is 8.02. The summed E-state index contributed by atoms with van der Waals surface area (Å²) in [5, 5.41) is 3.36. The van der Waals surface area contributed by atoms with Gasteiger partial charge in [-0.3, -0.25) is 0 Å². The number of nitrogens with zero attached hydrogens (tertiary/aromatic N) is 3. The van der Waals surface area contributed by atoms with Gasteiger partial charge in [0.15, 0.2) is 0 Å². The maximum atomic E-state index is 5.37. The molecule has 0 aliphatic carbocycles. The summed E-state index contributed by atoms with van der Waals surface area (Å²) in [6, 6.07) is 10.4. The van der Waals surface area contributed by atoms with Crippen molar-refractivity contribution < 1.29 is 4.74 Å². The van der Waals surface area contributed by atoms with Crippen LogP contribution < -0.4 is 10.2 Å². The number of nitrogens with one attached hydrogen (secondary N) is 1. The van der Waals surface area contributed by atoms with E-state index in [0.29, 0.717) is 0 Å². The third-order valence-corrected chi connectivity index (χ3v) is 4.02. The number of ether oxygens (including phenoxy) is 1. The average molecular weight is 396 g/mol. The molecular weight excluding hydrogens is 379 g/mol. The topological polar surface area (TPSA) is 50.3 Å². The molecular formula is C15H17IN4O. The number of morpholine rings is 1. The van der Waals surface area contributed by atoms with Crippen LogP contribution in [0.4, 0.5) is 11.6 Å². The Bertz CT molecular complexity index is 602. The molecule has 1 aromatic carbocycles. The fraction of sp³-hybridized carbons (Fsp3) is 0.333. The first-order chi connectivity index (χ1) is 10.3. The first kappa shape index (κ1) is 14.5. The Labute approximate surface area is 137 Å². The van der Waals surface area contributed by atoms with E-state index in [1.165, 1.54) is 9.13 Å². The Morgan fingerprint density at radius 2 is 2.05 bits per heavy atom. The van der Waals surface area contributed by atoms with E-state index < -0.39 is 0 Å². The molecule has 0 unspecified atom stereocenters. The predicted molar refractivity (Wildman–Crippen MR) is 91.5 cm³/mol. The molecule has 2 aromatic rings. The molecule has 110 valence electrons. The van der Waals surface area contributed by atoms with Crippen LogP contribution >= 0.6 is 22.6 Å². The third-order valence-electron chi connectivity index (χ3n) is 3.35. The van der Waals surface area contributed by atoms with Crippen molar-refractivity contribution in [2.45, 2.75) is 6.54 Å². The van der Waals surface area contributed by atoms with Gasteiger partial charge in [0, 0.05) is 29.3 Å². The fourth-order valence-corrected chi connectivity index (χ4v) is 2.86. The Hall–Kier alpha value is -1.41. The molecule has 1 aromatic heterocycles. The van der Waals surface area contributed by atoms with E-state index in [-0.39, 0.29) is 0 Å². The zero-order valence-corrected chi connectivity index (χ0v) is 13.8. The van der Waals surface area contributed by atoms with Gasteiger partial charge in [0.25, 0.3) is 0 Å². The van der Waals surface area contributed by atoms with Crippen LogP contribution in [0.15, 0.2) is 36.7 Å². The van der Waals surface area contributed by atoms with Crippen molar-refractivity contribution in [1.82, 2.24) is 9.97 Å². The average Bonchev–Trinajstić information content (AvgIpc) is 2.54. The van der Waals surface area contributed by atoms with Crippen molar-refractivity contribution in [2.24, 2.45) is 0 Å². The highest BCUT2D eigenvalue weighted by Crippen LogP contribution is 2.16. The number of aromatic nitrogens is 2. The van der Waals surface area contributed by atoms with Gasteiger partial charge in [-0.05, 0) is 40.3 Å². The molecule has 0 radical (unpaired) electrons. The lowest BCUT2D eigenvalue weighted by Crippen LogP contribution is -2.36. The lowest BCUT2D eigenvalue weighted by molar-refractivity contribution is 0.122. The predicted octanol–water partition coefficient (Wildman–Crippen LogP) is 2.53. The highest BCUT2D eigenvalue weighted by Gasteiger charge is 2.12. The summed E-state index contributed by atoms with van der Waals surface area (Å²) in [5.74, 6) is 1.81. The van der Waals surface area contributed by atoms with E-state index >= 15 is 0 Å². The van der Waals surface area contributed by atoms with Gasteiger partial charge in [0.05, 0.1) is 13.2 Å². The third kappa shape index (κ3) is 4.04. The van der Waals surface area contributed by atoms with Gasteiger partial charge in [0.1, 0.15) is 18.0 Å². The summed E-state index contributed by atoms with van der Waals surface area (Å²) < 4.78 is 6.61. The molecule has 6 heteroatoms. The first-order valence-electron chi connectivity index (χ1n) is 6.94. The number of rotatable bonds is 4. The maximum Gasteiger partial charge on any atom is 0.134 e. The number of anilines is 2. The minimum absolute atomic E-state index is 0.759. The Kier molecular flexibility index (Phi) is 4.87. The number of hydrogen-bond acceptors (Lipinski definition) is 5. The summed E-state index contributed by atoms with van der Waals surface area (Å²) in [4.78, 5) is 10.9. The molecule has 21 heavy (non-hydrogen) atoms. The Morgan fingerprint density at radius 1 is 1.19 bits per heavy atom. The van der Waals surface area contributed by atoms with Crippen molar-refractivity contribution in [1.29, 1.82) is 0 Å². The van der Waals surface area contributed by atoms with Crippen LogP contribution in [0.2, 0.25) is 0 Å². The largest absolute Gasteiger partial charge is 0.378 e. The molecule has 0 atom stereocenters. The summed E-state index contributed by atoms with van der Waals surface area (Å²) >= 11 is 2.32. The molecule has 3 rings (SSSR count). The SMILES string of the molecule is Ic1cccc(CNc2cc(N3CCOCC3)ncn2)c1. The minimum atomic E-state index is 0.759. The van der Waals surface area contributed by atoms with E-state index in [1.54, 1.807) is 6.33 Å². The molecule has 0 amide bonds. The van der Waals surface area contributed by atoms with Crippen molar-refractivity contribution in [2.75, 3.05) is 36.5 Å². The Morgan fingerprint density at radius 3 is 2.86 bits per heavy atom. The van der Waals surface area contributed by atoms with Crippen LogP contribution in [-0.2, 0) is 11.3 Å². The molecule has 0 saturated carbocycles. The van der Waals surface area contributed by atoms with Crippen LogP contribution in [0.1, 0.15) is 5.56 Å². The fourth-order valence-electron chi connectivity index (χ4n) is 2.25. The van der Waals surface area contributed by atoms with Crippen molar-refractivity contribution in [3.05, 3.63) is 45.8 Å². The van der Waals surface area contributed by atoms with E-state index in [1.807, 2.05) is 6.07 Å². The van der Waals surface area contributed by atoms with Gasteiger partial charge >= 0.3 is 0 Å². The number of halogens is 1. The molecule has 1 saturated heterocycles. The summed E-state index contributed by atoms with van der Waals surface area (Å²) in [5.41, 5.74) is 1.24. The maximum absolute atomic E-state index is 5.37. The Balaban J connectivity index is 1.65. The van der Waals surface area contributed by atoms with Crippen LogP contribution in [0.25, 0.3) is 0 Å². The second-order valence-electron chi connectivity index (χ2n) is 4.84. The highest BCUT2D eigenvalue weighted by molar-refractivity contribution is 14.1. The smallest absolute Gasteiger partial charge is 0.134 e. The minimum Gasteiger partial charge on any atom is -0.378 e. The lowest BCUT2D eigenvalue weighted by atomic mass is 10.2. The zero-order valence-electron chi connectivity index (χ0n) is 11.6. The van der Waals surface area contributed by atoms with Crippen LogP contribution in [0.5, 0.6) is 0 Å². The van der Waals surface area contributed by atoms with Gasteiger partial charge in [-0.15, -0.1) is 0 Å². The lowest BCUT2D eigenvalue weighted by Gasteiger charge is -2.27. The van der Waals surface area contributed by atoms with Gasteiger partial charge in [-0.1, -0.05) is 12.1 Å². The van der Waals surface area contributed by atoms with Crippen molar-refractivity contribution in [3.63, 3.8) is 0 Å². The second-order valence-corrected chi connectivity index (χ2v) is 6.09. The van der Waals surface area contributed by atoms with E-state index in [9.17, 15) is 0 Å². The number of hydrogen-bond donors (Lipinski definition) is 1. The van der Waals surface area contributed by atoms with E-state index in [0.717, 1.165) is 44.5 Å². The van der Waals surface area contributed by atoms with Crippen LogP contribution in [0, 0.1) is 3.57 Å². The monoisotopic (exact) mass is 396 g/mol. The summed E-state index contributed by atoms with van der Waals surface area (Å²) in [7, 11) is 0. The van der Waals surface area contributed by atoms with Gasteiger partial charge in [-0.2, -0.15) is 0 Å². The molecule has 1 N–H and O–H groups in total. The molecule has 5 nitrogen and oxygen atoms in total. The molecule has 1 aliphatic rings. The summed E-state index contributed by atoms with van der Waals surface area (Å²) in [6.07, 6.45) is 1.61. The van der Waals surface area contributed by atoms with Gasteiger partial charge in [0.2, 0.25) is 0 Å². The van der Waals surface area contributed by atoms with Gasteiger partial charge in [-0.25, -0.2) is 9.97 Å². The quantitative estimate of drug-likeness (QED) is 0.806. The normalized spacial score (nSPS) is 15.0. The molecule has 2 heterocycles. The molecule has 0 spiro atoms. The second kappa shape index (κ2) is 7.04. The zero-order chi connectivity index (χ0) is 14.5. The molecule has 1 aliphatic heterocycles. The van der Waals surface area contributed by atoms with Crippen molar-refractivity contribution in [3.8, 4) is 0 Å². The number of benzene rings is 1. The van der Waals surface area contributed by atoms with E-state index in [2.05, 4.69) is 67.0 Å². The van der Waals surface area contributed by atoms with Crippen LogP contribution in [0.3, 0.4) is 0 Å². The van der Waals surface area contributed by atoms with Crippen molar-refractivity contribution >= 4 is 34.2 Å². The van der Waals surface area contributed by atoms with Gasteiger partial charge < -0.3 is 15.0 Å². The summed E-state index contributed by atoms with van der Waals surface area (Å²) in [6.45, 7) is 4.04.